The first-order chi connectivity index (χ1) is 7.16. The van der Waals surface area contributed by atoms with Crippen LogP contribution in [0.5, 0.6) is 5.75 Å². The molecule has 0 aliphatic carbocycles. The number of hydrogen-bond donors (Lipinski definition) is 1. The van der Waals surface area contributed by atoms with E-state index in [4.69, 9.17) is 16.7 Å². The fourth-order valence-electron chi connectivity index (χ4n) is 1.26. The molecule has 1 N–H and O–H groups in total. The molecule has 0 radical (unpaired) electrons. The molecular formula is C10H6ClNO3. The molecule has 1 heterocycles. The van der Waals surface area contributed by atoms with Gasteiger partial charge in [0, 0.05) is 17.6 Å². The van der Waals surface area contributed by atoms with Gasteiger partial charge in [0.2, 0.25) is 0 Å². The molecule has 0 saturated heterocycles. The van der Waals surface area contributed by atoms with Gasteiger partial charge in [0.25, 0.3) is 0 Å². The molecule has 0 aliphatic rings. The summed E-state index contributed by atoms with van der Waals surface area (Å²) in [6, 6.07) is 6.39. The molecule has 0 unspecified atom stereocenters. The summed E-state index contributed by atoms with van der Waals surface area (Å²) in [5.74, 6) is 0.227. The van der Waals surface area contributed by atoms with Gasteiger partial charge in [0.05, 0.1) is 10.5 Å². The van der Waals surface area contributed by atoms with E-state index >= 15 is 0 Å². The van der Waals surface area contributed by atoms with Gasteiger partial charge in [-0.25, -0.2) is 4.79 Å². The third-order valence-corrected chi connectivity index (χ3v) is 2.20. The van der Waals surface area contributed by atoms with E-state index < -0.39 is 6.16 Å². The average Bonchev–Trinajstić information content (AvgIpc) is 2.17. The van der Waals surface area contributed by atoms with Gasteiger partial charge in [0.15, 0.2) is 0 Å². The van der Waals surface area contributed by atoms with Crippen LogP contribution < -0.4 is 4.74 Å². The number of pyridine rings is 1. The summed E-state index contributed by atoms with van der Waals surface area (Å²) in [5, 5.41) is 9.76. The van der Waals surface area contributed by atoms with E-state index in [9.17, 15) is 4.79 Å². The van der Waals surface area contributed by atoms with E-state index in [1.807, 2.05) is 0 Å². The molecule has 2 rings (SSSR count). The topological polar surface area (TPSA) is 59.4 Å². The Morgan fingerprint density at radius 3 is 2.93 bits per heavy atom. The highest BCUT2D eigenvalue weighted by atomic mass is 35.5. The van der Waals surface area contributed by atoms with Crippen molar-refractivity contribution in [3.05, 3.63) is 35.5 Å². The maximum absolute atomic E-state index is 10.3. The zero-order valence-corrected chi connectivity index (χ0v) is 8.23. The molecule has 15 heavy (non-hydrogen) atoms. The van der Waals surface area contributed by atoms with Crippen molar-refractivity contribution in [2.75, 3.05) is 0 Å². The van der Waals surface area contributed by atoms with Crippen LogP contribution in [0.3, 0.4) is 0 Å². The minimum Gasteiger partial charge on any atom is -0.449 e. The maximum Gasteiger partial charge on any atom is 0.511 e. The van der Waals surface area contributed by atoms with E-state index in [1.54, 1.807) is 18.3 Å². The van der Waals surface area contributed by atoms with Crippen molar-refractivity contribution >= 4 is 28.7 Å². The molecule has 1 aromatic carbocycles. The first kappa shape index (κ1) is 9.73. The standard InChI is InChI=1S/C10H6ClNO3/c11-8-3-4-12-9-5-6(15-10(13)14)1-2-7(8)9/h1-5H,(H,13,14). The van der Waals surface area contributed by atoms with E-state index in [0.29, 0.717) is 10.5 Å². The van der Waals surface area contributed by atoms with Crippen molar-refractivity contribution in [1.82, 2.24) is 4.98 Å². The number of ether oxygens (including phenoxy) is 1. The Balaban J connectivity index is 2.52. The fourth-order valence-corrected chi connectivity index (χ4v) is 1.47. The Bertz CT molecular complexity index is 527. The number of carboxylic acid groups (broad SMARTS) is 1. The lowest BCUT2D eigenvalue weighted by Gasteiger charge is -2.02. The number of rotatable bonds is 1. The summed E-state index contributed by atoms with van der Waals surface area (Å²) in [6.07, 6.45) is 0.200. The van der Waals surface area contributed by atoms with Crippen LogP contribution in [0, 0.1) is 0 Å². The van der Waals surface area contributed by atoms with Gasteiger partial charge in [0.1, 0.15) is 5.75 Å². The van der Waals surface area contributed by atoms with Crippen LogP contribution in [0.4, 0.5) is 4.79 Å². The lowest BCUT2D eigenvalue weighted by Crippen LogP contribution is -2.02. The van der Waals surface area contributed by atoms with Crippen LogP contribution in [0.15, 0.2) is 30.5 Å². The van der Waals surface area contributed by atoms with Crippen LogP contribution in [-0.2, 0) is 0 Å². The van der Waals surface area contributed by atoms with Crippen molar-refractivity contribution in [1.29, 1.82) is 0 Å². The summed E-state index contributed by atoms with van der Waals surface area (Å²) < 4.78 is 4.50. The van der Waals surface area contributed by atoms with Gasteiger partial charge < -0.3 is 9.84 Å². The Morgan fingerprint density at radius 1 is 1.40 bits per heavy atom. The largest absolute Gasteiger partial charge is 0.511 e. The zero-order chi connectivity index (χ0) is 10.8. The molecule has 0 bridgehead atoms. The van der Waals surface area contributed by atoms with Gasteiger partial charge in [-0.3, -0.25) is 4.98 Å². The number of hydrogen-bond acceptors (Lipinski definition) is 3. The highest BCUT2D eigenvalue weighted by molar-refractivity contribution is 6.35. The molecule has 5 heteroatoms. The van der Waals surface area contributed by atoms with Crippen molar-refractivity contribution in [3.63, 3.8) is 0 Å². The number of fused-ring (bicyclic) bond motifs is 1. The molecule has 76 valence electrons. The second-order valence-electron chi connectivity index (χ2n) is 2.84. The number of halogens is 1. The molecule has 0 amide bonds. The molecule has 0 aliphatic heterocycles. The van der Waals surface area contributed by atoms with Crippen LogP contribution in [0.1, 0.15) is 0 Å². The van der Waals surface area contributed by atoms with E-state index in [2.05, 4.69) is 9.72 Å². The van der Waals surface area contributed by atoms with Gasteiger partial charge in [-0.15, -0.1) is 0 Å². The predicted octanol–water partition coefficient (Wildman–Crippen LogP) is 2.95. The first-order valence-electron chi connectivity index (χ1n) is 4.12. The van der Waals surface area contributed by atoms with Crippen molar-refractivity contribution in [2.24, 2.45) is 0 Å². The monoisotopic (exact) mass is 223 g/mol. The second kappa shape index (κ2) is 3.74. The SMILES string of the molecule is O=C(O)Oc1ccc2c(Cl)ccnc2c1. The number of aromatic nitrogens is 1. The summed E-state index contributed by atoms with van der Waals surface area (Å²) in [7, 11) is 0. The summed E-state index contributed by atoms with van der Waals surface area (Å²) in [6.45, 7) is 0. The van der Waals surface area contributed by atoms with Gasteiger partial charge in [-0.2, -0.15) is 0 Å². The summed E-state index contributed by atoms with van der Waals surface area (Å²) >= 11 is 5.92. The van der Waals surface area contributed by atoms with Crippen molar-refractivity contribution in [2.45, 2.75) is 0 Å². The predicted molar refractivity (Wildman–Crippen MR) is 55.4 cm³/mol. The maximum atomic E-state index is 10.3. The third kappa shape index (κ3) is 1.99. The lowest BCUT2D eigenvalue weighted by atomic mass is 10.2. The molecule has 4 nitrogen and oxygen atoms in total. The Labute approximate surface area is 90.1 Å². The lowest BCUT2D eigenvalue weighted by molar-refractivity contribution is 0.144. The molecule has 0 spiro atoms. The molecular weight excluding hydrogens is 218 g/mol. The van der Waals surface area contributed by atoms with E-state index in [0.717, 1.165) is 5.39 Å². The normalized spacial score (nSPS) is 10.2. The molecule has 0 atom stereocenters. The van der Waals surface area contributed by atoms with E-state index in [1.165, 1.54) is 12.1 Å². The summed E-state index contributed by atoms with van der Waals surface area (Å²) in [4.78, 5) is 14.4. The van der Waals surface area contributed by atoms with Crippen molar-refractivity contribution in [3.8, 4) is 5.75 Å². The Hall–Kier alpha value is -1.81. The second-order valence-corrected chi connectivity index (χ2v) is 3.25. The quantitative estimate of drug-likeness (QED) is 0.597. The van der Waals surface area contributed by atoms with Crippen LogP contribution in [0.25, 0.3) is 10.9 Å². The van der Waals surface area contributed by atoms with Gasteiger partial charge in [-0.1, -0.05) is 11.6 Å². The van der Waals surface area contributed by atoms with Crippen LogP contribution in [0.2, 0.25) is 5.02 Å². The van der Waals surface area contributed by atoms with E-state index in [-0.39, 0.29) is 5.75 Å². The highest BCUT2D eigenvalue weighted by Crippen LogP contribution is 2.25. The number of carbonyl (C=O) groups is 1. The number of benzene rings is 1. The first-order valence-corrected chi connectivity index (χ1v) is 4.49. The number of nitrogens with zero attached hydrogens (tertiary/aromatic N) is 1. The van der Waals surface area contributed by atoms with Gasteiger partial charge in [-0.05, 0) is 18.2 Å². The Morgan fingerprint density at radius 2 is 2.20 bits per heavy atom. The van der Waals surface area contributed by atoms with Crippen LogP contribution >= 0.6 is 11.6 Å². The van der Waals surface area contributed by atoms with Crippen LogP contribution in [-0.4, -0.2) is 16.2 Å². The molecule has 1 aromatic heterocycles. The average molecular weight is 224 g/mol. The van der Waals surface area contributed by atoms with Crippen molar-refractivity contribution < 1.29 is 14.6 Å². The summed E-state index contributed by atoms with van der Waals surface area (Å²) in [5.41, 5.74) is 0.598. The smallest absolute Gasteiger partial charge is 0.449 e. The third-order valence-electron chi connectivity index (χ3n) is 1.87. The minimum atomic E-state index is -1.35. The highest BCUT2D eigenvalue weighted by Gasteiger charge is 2.04. The zero-order valence-electron chi connectivity index (χ0n) is 7.48. The molecule has 0 fully saturated rings. The fraction of sp³-hybridized carbons (Fsp3) is 0. The Kier molecular flexibility index (Phi) is 2.43. The minimum absolute atomic E-state index is 0.227. The molecule has 0 saturated carbocycles. The molecule has 2 aromatic rings. The van der Waals surface area contributed by atoms with Gasteiger partial charge >= 0.3 is 6.16 Å².